The van der Waals surface area contributed by atoms with Gasteiger partial charge in [0, 0.05) is 17.1 Å². The van der Waals surface area contributed by atoms with Crippen molar-refractivity contribution in [2.24, 2.45) is 0 Å². The minimum absolute atomic E-state index is 1.26. The predicted molar refractivity (Wildman–Crippen MR) is 78.3 cm³/mol. The number of rotatable bonds is 1. The Kier molecular flexibility index (Phi) is 2.28. The highest BCUT2D eigenvalue weighted by atomic mass is 14.9. The lowest BCUT2D eigenvalue weighted by atomic mass is 9.82. The molecule has 0 N–H and O–H groups in total. The number of hydrogen-bond donors (Lipinski definition) is 0. The van der Waals surface area contributed by atoms with Gasteiger partial charge >= 0.3 is 7.41 Å². The number of fused-ring (bicyclic) bond motifs is 3. The molecular formula is C17H12BN+. The third kappa shape index (κ3) is 1.68. The maximum Gasteiger partial charge on any atom is 0.581 e. The lowest BCUT2D eigenvalue weighted by molar-refractivity contribution is -0.511. The van der Waals surface area contributed by atoms with Crippen molar-refractivity contribution in [1.82, 2.24) is 0 Å². The van der Waals surface area contributed by atoms with Crippen LogP contribution in [0, 0.1) is 0 Å². The van der Waals surface area contributed by atoms with Crippen LogP contribution in [-0.4, -0.2) is 7.41 Å². The number of nitrogens with zero attached hydrogens (tertiary/aromatic N) is 1. The number of benzene rings is 2. The van der Waals surface area contributed by atoms with Gasteiger partial charge in [0.05, 0.1) is 0 Å². The van der Waals surface area contributed by atoms with Gasteiger partial charge in [0.25, 0.3) is 0 Å². The summed E-state index contributed by atoms with van der Waals surface area (Å²) in [4.78, 5) is 0. The highest BCUT2D eigenvalue weighted by Gasteiger charge is 2.29. The fourth-order valence-corrected chi connectivity index (χ4v) is 2.65. The molecule has 0 fully saturated rings. The summed E-state index contributed by atoms with van der Waals surface area (Å²) in [5.41, 5.74) is 6.38. The van der Waals surface area contributed by atoms with E-state index in [1.807, 2.05) is 0 Å². The molecule has 3 aromatic rings. The van der Waals surface area contributed by atoms with Crippen LogP contribution in [0.25, 0.3) is 22.4 Å². The van der Waals surface area contributed by atoms with Gasteiger partial charge in [-0.05, 0) is 29.3 Å². The lowest BCUT2D eigenvalue weighted by Gasteiger charge is -2.03. The van der Waals surface area contributed by atoms with Crippen LogP contribution in [0.4, 0.5) is 0 Å². The van der Waals surface area contributed by atoms with Crippen molar-refractivity contribution in [3.8, 4) is 22.4 Å². The monoisotopic (exact) mass is 241 g/mol. The standard InChI is InChI=1S/C17H12BN/c1-2-6-13(7-3-1)14-9-10-16-15(12-14)17-8-4-5-11-19(17)18-16/h1-12H/q+1. The molecule has 1 aromatic heterocycles. The molecule has 0 saturated heterocycles. The topological polar surface area (TPSA) is 3.88 Å². The molecule has 0 bridgehead atoms. The SMILES string of the molecule is [B]1c2ccc(-c3ccccc3)cc2-c2cccc[n+]21. The Morgan fingerprint density at radius 2 is 1.58 bits per heavy atom. The summed E-state index contributed by atoms with van der Waals surface area (Å²) in [6.45, 7) is 0. The second kappa shape index (κ2) is 4.09. The number of pyridine rings is 1. The van der Waals surface area contributed by atoms with Gasteiger partial charge in [-0.25, -0.2) is 0 Å². The third-order valence-electron chi connectivity index (χ3n) is 3.60. The summed E-state index contributed by atoms with van der Waals surface area (Å²) in [5, 5.41) is 0. The largest absolute Gasteiger partial charge is 0.581 e. The molecule has 2 heterocycles. The normalized spacial score (nSPS) is 11.6. The summed E-state index contributed by atoms with van der Waals surface area (Å²) in [5.74, 6) is 0. The molecule has 0 atom stereocenters. The Labute approximate surface area is 113 Å². The maximum atomic E-state index is 2.28. The second-order valence-electron chi connectivity index (χ2n) is 4.79. The zero-order valence-electron chi connectivity index (χ0n) is 10.5. The van der Waals surface area contributed by atoms with Crippen molar-refractivity contribution in [3.05, 3.63) is 72.9 Å². The van der Waals surface area contributed by atoms with Crippen LogP contribution < -0.4 is 9.94 Å². The van der Waals surface area contributed by atoms with Crippen molar-refractivity contribution in [3.63, 3.8) is 0 Å². The summed E-state index contributed by atoms with van der Waals surface area (Å²) in [7, 11) is 2.18. The van der Waals surface area contributed by atoms with Gasteiger partial charge in [0.2, 0.25) is 0 Å². The highest BCUT2D eigenvalue weighted by molar-refractivity contribution is 6.49. The van der Waals surface area contributed by atoms with Gasteiger partial charge in [-0.15, -0.1) is 0 Å². The van der Waals surface area contributed by atoms with E-state index in [1.165, 1.54) is 27.8 Å². The van der Waals surface area contributed by atoms with Crippen LogP contribution in [-0.2, 0) is 0 Å². The molecule has 4 rings (SSSR count). The first kappa shape index (κ1) is 10.6. The van der Waals surface area contributed by atoms with E-state index in [-0.39, 0.29) is 0 Å². The summed E-state index contributed by atoms with van der Waals surface area (Å²) >= 11 is 0. The van der Waals surface area contributed by atoms with E-state index < -0.39 is 0 Å². The van der Waals surface area contributed by atoms with Crippen LogP contribution >= 0.6 is 0 Å². The molecule has 0 amide bonds. The molecule has 1 radical (unpaired) electrons. The smallest absolute Gasteiger partial charge is 0.280 e. The Morgan fingerprint density at radius 1 is 0.737 bits per heavy atom. The fourth-order valence-electron chi connectivity index (χ4n) is 2.65. The fraction of sp³-hybridized carbons (Fsp3) is 0. The van der Waals surface area contributed by atoms with E-state index in [4.69, 9.17) is 0 Å². The van der Waals surface area contributed by atoms with Crippen molar-refractivity contribution in [2.75, 3.05) is 0 Å². The average Bonchev–Trinajstić information content (AvgIpc) is 2.86. The minimum Gasteiger partial charge on any atom is -0.280 e. The van der Waals surface area contributed by atoms with Crippen molar-refractivity contribution >= 4 is 12.9 Å². The molecule has 0 saturated carbocycles. The molecule has 0 aliphatic carbocycles. The van der Waals surface area contributed by atoms with E-state index in [0.29, 0.717) is 0 Å². The molecule has 1 aliphatic rings. The maximum absolute atomic E-state index is 2.28. The van der Waals surface area contributed by atoms with Crippen molar-refractivity contribution in [1.29, 1.82) is 0 Å². The Balaban J connectivity index is 1.89. The molecule has 1 nitrogen and oxygen atoms in total. The van der Waals surface area contributed by atoms with Gasteiger partial charge in [-0.2, -0.15) is 0 Å². The summed E-state index contributed by atoms with van der Waals surface area (Å²) in [6.07, 6.45) is 2.09. The van der Waals surface area contributed by atoms with E-state index in [2.05, 4.69) is 84.8 Å². The van der Waals surface area contributed by atoms with Crippen LogP contribution in [0.2, 0.25) is 0 Å². The molecule has 0 spiro atoms. The Morgan fingerprint density at radius 3 is 2.47 bits per heavy atom. The molecule has 2 heteroatoms. The van der Waals surface area contributed by atoms with E-state index in [0.717, 1.165) is 0 Å². The second-order valence-corrected chi connectivity index (χ2v) is 4.79. The van der Waals surface area contributed by atoms with Crippen molar-refractivity contribution in [2.45, 2.75) is 0 Å². The minimum atomic E-state index is 1.26. The zero-order chi connectivity index (χ0) is 12.7. The van der Waals surface area contributed by atoms with Gasteiger partial charge in [-0.3, -0.25) is 4.48 Å². The van der Waals surface area contributed by atoms with Crippen molar-refractivity contribution < 1.29 is 4.48 Å². The zero-order valence-corrected chi connectivity index (χ0v) is 10.5. The van der Waals surface area contributed by atoms with Gasteiger partial charge in [0.15, 0.2) is 5.69 Å². The van der Waals surface area contributed by atoms with Crippen LogP contribution in [0.5, 0.6) is 0 Å². The highest BCUT2D eigenvalue weighted by Crippen LogP contribution is 2.24. The predicted octanol–water partition coefficient (Wildman–Crippen LogP) is 2.41. The Hall–Kier alpha value is -2.35. The number of hydrogen-bond acceptors (Lipinski definition) is 0. The third-order valence-corrected chi connectivity index (χ3v) is 3.60. The van der Waals surface area contributed by atoms with E-state index in [1.54, 1.807) is 0 Å². The first-order valence-electron chi connectivity index (χ1n) is 6.47. The molecular weight excluding hydrogens is 229 g/mol. The summed E-state index contributed by atoms with van der Waals surface area (Å²) < 4.78 is 2.18. The van der Waals surface area contributed by atoms with Gasteiger partial charge in [-0.1, -0.05) is 42.5 Å². The summed E-state index contributed by atoms with van der Waals surface area (Å²) in [6, 6.07) is 23.5. The van der Waals surface area contributed by atoms with E-state index >= 15 is 0 Å². The quantitative estimate of drug-likeness (QED) is 0.450. The molecule has 87 valence electrons. The number of aromatic nitrogens is 1. The first-order valence-corrected chi connectivity index (χ1v) is 6.47. The van der Waals surface area contributed by atoms with E-state index in [9.17, 15) is 0 Å². The molecule has 19 heavy (non-hydrogen) atoms. The van der Waals surface area contributed by atoms with Gasteiger partial charge in [0.1, 0.15) is 6.20 Å². The molecule has 2 aromatic carbocycles. The lowest BCUT2D eigenvalue weighted by Crippen LogP contribution is -2.41. The van der Waals surface area contributed by atoms with Crippen LogP contribution in [0.3, 0.4) is 0 Å². The molecule has 0 unspecified atom stereocenters. The average molecular weight is 241 g/mol. The Bertz CT molecular complexity index is 750. The van der Waals surface area contributed by atoms with Crippen LogP contribution in [0.1, 0.15) is 0 Å². The van der Waals surface area contributed by atoms with Crippen LogP contribution in [0.15, 0.2) is 72.9 Å². The molecule has 1 aliphatic heterocycles. The van der Waals surface area contributed by atoms with Gasteiger partial charge < -0.3 is 0 Å². The first-order chi connectivity index (χ1) is 9.42.